The number of hydrogen-bond donors (Lipinski definition) is 1. The third kappa shape index (κ3) is 5.90. The number of piperidine rings is 1. The maximum absolute atomic E-state index is 13.3. The molecule has 1 aromatic heterocycles. The van der Waals surface area contributed by atoms with Gasteiger partial charge < -0.3 is 19.5 Å². The number of likely N-dealkylation sites (tertiary alicyclic amines) is 1. The zero-order valence-corrected chi connectivity index (χ0v) is 22.6. The van der Waals surface area contributed by atoms with Crippen molar-refractivity contribution in [1.82, 2.24) is 14.4 Å². The second-order valence-corrected chi connectivity index (χ2v) is 11.4. The first-order valence-electron chi connectivity index (χ1n) is 13.3. The van der Waals surface area contributed by atoms with E-state index >= 15 is 0 Å². The van der Waals surface area contributed by atoms with Crippen molar-refractivity contribution in [2.75, 3.05) is 27.2 Å². The molecule has 212 valence electrons. The van der Waals surface area contributed by atoms with Gasteiger partial charge in [0.05, 0.1) is 24.1 Å². The lowest BCUT2D eigenvalue weighted by Crippen LogP contribution is -2.62. The number of carbonyl (C=O) groups excluding carboxylic acids is 2. The molecular weight excluding hydrogens is 511 g/mol. The van der Waals surface area contributed by atoms with E-state index in [4.69, 9.17) is 0 Å². The summed E-state index contributed by atoms with van der Waals surface area (Å²) in [5.41, 5.74) is -0.951. The molecule has 1 aromatic carbocycles. The Morgan fingerprint density at radius 3 is 2.33 bits per heavy atom. The third-order valence-electron chi connectivity index (χ3n) is 8.39. The topological polar surface area (TPSA) is 82.8 Å². The molecule has 1 N–H and O–H groups in total. The first-order chi connectivity index (χ1) is 18.3. The lowest BCUT2D eigenvalue weighted by atomic mass is 9.65. The zero-order chi connectivity index (χ0) is 28.6. The predicted molar refractivity (Wildman–Crippen MR) is 141 cm³/mol. The summed E-state index contributed by atoms with van der Waals surface area (Å²) >= 11 is 0. The zero-order valence-electron chi connectivity index (χ0n) is 22.6. The van der Waals surface area contributed by atoms with Gasteiger partial charge in [-0.15, -0.1) is 0 Å². The van der Waals surface area contributed by atoms with Gasteiger partial charge in [-0.1, -0.05) is 50.1 Å². The quantitative estimate of drug-likeness (QED) is 0.584. The Hall–Kier alpha value is -3.14. The van der Waals surface area contributed by atoms with E-state index in [1.807, 2.05) is 30.3 Å². The van der Waals surface area contributed by atoms with Crippen molar-refractivity contribution >= 4 is 11.8 Å². The molecule has 39 heavy (non-hydrogen) atoms. The van der Waals surface area contributed by atoms with Crippen LogP contribution in [0, 0.1) is 11.3 Å². The maximum atomic E-state index is 13.3. The average Bonchev–Trinajstić information content (AvgIpc) is 3.35. The van der Waals surface area contributed by atoms with E-state index in [0.717, 1.165) is 18.4 Å². The number of hydrogen-bond acceptors (Lipinski definition) is 4. The number of aromatic nitrogens is 1. The van der Waals surface area contributed by atoms with Crippen LogP contribution in [0.2, 0.25) is 0 Å². The van der Waals surface area contributed by atoms with Crippen LogP contribution in [-0.4, -0.2) is 70.3 Å². The minimum absolute atomic E-state index is 0.0747. The summed E-state index contributed by atoms with van der Waals surface area (Å²) in [6.45, 7) is 1.45. The van der Waals surface area contributed by atoms with E-state index in [1.165, 1.54) is 33.6 Å². The number of pyridine rings is 1. The summed E-state index contributed by atoms with van der Waals surface area (Å²) in [6, 6.07) is 10.5. The second-order valence-electron chi connectivity index (χ2n) is 11.4. The van der Waals surface area contributed by atoms with Gasteiger partial charge in [0.1, 0.15) is 0 Å². The smallest absolute Gasteiger partial charge is 0.387 e. The molecule has 4 rings (SSSR count). The third-order valence-corrected chi connectivity index (χ3v) is 8.39. The van der Waals surface area contributed by atoms with Gasteiger partial charge in [0, 0.05) is 56.3 Å². The Labute approximate surface area is 226 Å². The van der Waals surface area contributed by atoms with Gasteiger partial charge in [0.15, 0.2) is 0 Å². The van der Waals surface area contributed by atoms with E-state index in [0.29, 0.717) is 24.0 Å². The lowest BCUT2D eigenvalue weighted by molar-refractivity contribution is -0.172. The standard InChI is InChI=1S/C29H36F3N3O4/c1-20(16-29(30,31)32)25(37)34-14-13-28(39,27(18-34)11-7-8-12-27)19-35-17-23(26(38)33(2)3)22(15-24(35)36)21-9-5-4-6-10-21/h4-6,9-10,15,17,20,39H,7-8,11-14,16,18-19H2,1-3H3/t20?,28-/m0/s1. The van der Waals surface area contributed by atoms with Crippen LogP contribution in [0.4, 0.5) is 13.2 Å². The van der Waals surface area contributed by atoms with E-state index in [1.54, 1.807) is 14.1 Å². The summed E-state index contributed by atoms with van der Waals surface area (Å²) < 4.78 is 40.2. The average molecular weight is 548 g/mol. The van der Waals surface area contributed by atoms with Crippen molar-refractivity contribution in [2.45, 2.75) is 63.8 Å². The van der Waals surface area contributed by atoms with Gasteiger partial charge in [-0.25, -0.2) is 0 Å². The molecule has 0 radical (unpaired) electrons. The van der Waals surface area contributed by atoms with E-state index in [-0.39, 0.29) is 37.5 Å². The Bertz CT molecular complexity index is 1270. The Morgan fingerprint density at radius 1 is 1.10 bits per heavy atom. The highest BCUT2D eigenvalue weighted by atomic mass is 19.4. The fourth-order valence-corrected chi connectivity index (χ4v) is 6.28. The van der Waals surface area contributed by atoms with Crippen molar-refractivity contribution in [2.24, 2.45) is 11.3 Å². The summed E-state index contributed by atoms with van der Waals surface area (Å²) in [7, 11) is 3.25. The number of benzene rings is 1. The molecule has 1 aliphatic heterocycles. The number of aliphatic hydroxyl groups is 1. The van der Waals surface area contributed by atoms with Crippen molar-refractivity contribution in [3.05, 3.63) is 58.5 Å². The normalized spacial score (nSPS) is 21.7. The summed E-state index contributed by atoms with van der Waals surface area (Å²) in [5.74, 6) is -2.06. The Morgan fingerprint density at radius 2 is 1.74 bits per heavy atom. The number of halogens is 3. The molecule has 1 spiro atoms. The Kier molecular flexibility index (Phi) is 7.98. The van der Waals surface area contributed by atoms with Crippen molar-refractivity contribution < 1.29 is 27.9 Å². The van der Waals surface area contributed by atoms with Crippen LogP contribution in [0.1, 0.15) is 55.8 Å². The van der Waals surface area contributed by atoms with Crippen LogP contribution in [0.5, 0.6) is 0 Å². The molecule has 2 atom stereocenters. The number of amides is 2. The van der Waals surface area contributed by atoms with Crippen molar-refractivity contribution in [1.29, 1.82) is 0 Å². The van der Waals surface area contributed by atoms with Gasteiger partial charge in [0.2, 0.25) is 5.91 Å². The monoisotopic (exact) mass is 547 g/mol. The van der Waals surface area contributed by atoms with Gasteiger partial charge in [-0.05, 0) is 24.8 Å². The summed E-state index contributed by atoms with van der Waals surface area (Å²) in [4.78, 5) is 42.3. The van der Waals surface area contributed by atoms with Crippen molar-refractivity contribution in [3.8, 4) is 11.1 Å². The first-order valence-corrected chi connectivity index (χ1v) is 13.3. The molecule has 2 fully saturated rings. The second kappa shape index (κ2) is 10.8. The molecule has 10 heteroatoms. The fraction of sp³-hybridized carbons (Fsp3) is 0.552. The largest absolute Gasteiger partial charge is 0.389 e. The molecule has 1 aliphatic carbocycles. The molecule has 1 saturated carbocycles. The fourth-order valence-electron chi connectivity index (χ4n) is 6.28. The van der Waals surface area contributed by atoms with Crippen molar-refractivity contribution in [3.63, 3.8) is 0 Å². The van der Waals surface area contributed by atoms with E-state index in [2.05, 4.69) is 0 Å². The molecule has 1 saturated heterocycles. The molecule has 2 amide bonds. The summed E-state index contributed by atoms with van der Waals surface area (Å²) in [5, 5.41) is 12.1. The molecule has 1 unspecified atom stereocenters. The van der Waals surface area contributed by atoms with Crippen LogP contribution in [0.25, 0.3) is 11.1 Å². The van der Waals surface area contributed by atoms with E-state index in [9.17, 15) is 32.7 Å². The van der Waals surface area contributed by atoms with E-state index < -0.39 is 35.4 Å². The molecule has 2 aromatic rings. The molecular formula is C29H36F3N3O4. The lowest BCUT2D eigenvalue weighted by Gasteiger charge is -2.52. The predicted octanol–water partition coefficient (Wildman–Crippen LogP) is 4.33. The van der Waals surface area contributed by atoms with Crippen LogP contribution in [0.15, 0.2) is 47.4 Å². The minimum atomic E-state index is -4.44. The highest BCUT2D eigenvalue weighted by molar-refractivity contribution is 6.00. The highest BCUT2D eigenvalue weighted by Crippen LogP contribution is 2.52. The number of alkyl halides is 3. The van der Waals surface area contributed by atoms with Gasteiger partial charge in [0.25, 0.3) is 11.5 Å². The van der Waals surface area contributed by atoms with Gasteiger partial charge in [-0.3, -0.25) is 14.4 Å². The minimum Gasteiger partial charge on any atom is -0.387 e. The number of carbonyl (C=O) groups is 2. The molecule has 2 heterocycles. The highest BCUT2D eigenvalue weighted by Gasteiger charge is 2.56. The van der Waals surface area contributed by atoms with Crippen LogP contribution in [0.3, 0.4) is 0 Å². The maximum Gasteiger partial charge on any atom is 0.389 e. The van der Waals surface area contributed by atoms with Gasteiger partial charge in [-0.2, -0.15) is 13.2 Å². The number of nitrogens with zero attached hydrogens (tertiary/aromatic N) is 3. The van der Waals surface area contributed by atoms with Crippen LogP contribution in [-0.2, 0) is 11.3 Å². The number of rotatable bonds is 6. The SMILES string of the molecule is CC(CC(F)(F)F)C(=O)N1CC[C@](O)(Cn2cc(C(=O)N(C)C)c(-c3ccccc3)cc2=O)C2(CCCC2)C1. The van der Waals surface area contributed by atoms with Crippen LogP contribution < -0.4 is 5.56 Å². The molecule has 7 nitrogen and oxygen atoms in total. The van der Waals surface area contributed by atoms with Gasteiger partial charge >= 0.3 is 6.18 Å². The Balaban J connectivity index is 1.67. The molecule has 0 bridgehead atoms. The molecule has 2 aliphatic rings. The van der Waals surface area contributed by atoms with Crippen LogP contribution >= 0.6 is 0 Å². The first kappa shape index (κ1) is 28.9. The summed E-state index contributed by atoms with van der Waals surface area (Å²) in [6.07, 6.45) is -1.18.